The topological polar surface area (TPSA) is 43.1 Å². The van der Waals surface area contributed by atoms with Gasteiger partial charge in [-0.3, -0.25) is 0 Å². The van der Waals surface area contributed by atoms with Crippen LogP contribution in [0.2, 0.25) is 1.41 Å². The predicted molar refractivity (Wildman–Crippen MR) is 33.5 cm³/mol. The van der Waals surface area contributed by atoms with Crippen molar-refractivity contribution < 1.29 is 6.21 Å². The van der Waals surface area contributed by atoms with Crippen molar-refractivity contribution in [2.24, 2.45) is 11.6 Å². The van der Waals surface area contributed by atoms with Gasteiger partial charge in [0.2, 0.25) is 0 Å². The van der Waals surface area contributed by atoms with Gasteiger partial charge < -0.3 is 10.5 Å². The van der Waals surface area contributed by atoms with Crippen LogP contribution in [0.3, 0.4) is 0 Å². The van der Waals surface area contributed by atoms with E-state index >= 15 is 0 Å². The van der Waals surface area contributed by atoms with Crippen molar-refractivity contribution in [3.63, 3.8) is 0 Å². The Morgan fingerprint density at radius 1 is 2.00 bits per heavy atom. The Kier molecular flexibility index (Phi) is 2.60. The lowest BCUT2D eigenvalue weighted by atomic mass is 10.0. The highest BCUT2D eigenvalue weighted by atomic mass is 16.1. The lowest BCUT2D eigenvalue weighted by Gasteiger charge is -2.09. The third-order valence-corrected chi connectivity index (χ3v) is 1.40. The van der Waals surface area contributed by atoms with Gasteiger partial charge in [-0.2, -0.15) is 0 Å². The average molecular weight is 116 g/mol. The molecule has 0 fully saturated rings. The van der Waals surface area contributed by atoms with Crippen molar-refractivity contribution in [3.8, 4) is 0 Å². The van der Waals surface area contributed by atoms with Crippen LogP contribution >= 0.6 is 0 Å². The Labute approximate surface area is 51.5 Å². The van der Waals surface area contributed by atoms with Crippen molar-refractivity contribution in [2.45, 2.75) is 26.3 Å². The van der Waals surface area contributed by atoms with Gasteiger partial charge in [-0.25, -0.2) is 0 Å². The van der Waals surface area contributed by atoms with Gasteiger partial charge in [-0.05, 0) is 5.92 Å². The van der Waals surface area contributed by atoms with E-state index in [1.54, 1.807) is 0 Å². The summed E-state index contributed by atoms with van der Waals surface area (Å²) in [5.41, 5.74) is 2.18. The van der Waals surface area contributed by atoms with Crippen LogP contribution in [-0.4, -0.2) is 12.3 Å². The van der Waals surface area contributed by atoms with E-state index in [1.807, 2.05) is 13.8 Å². The first-order chi connectivity index (χ1) is 4.26. The largest absolute Gasteiger partial charge is 0.322 e. The van der Waals surface area contributed by atoms with E-state index in [9.17, 15) is 4.79 Å². The summed E-state index contributed by atoms with van der Waals surface area (Å²) in [6, 6.07) is -0.296. The maximum Gasteiger partial charge on any atom is 0.136 e. The summed E-state index contributed by atoms with van der Waals surface area (Å²) in [6.45, 7) is 3.94. The number of carbonyl (C=O) groups is 1. The Hall–Kier alpha value is -0.370. The second-order valence-electron chi connectivity index (χ2n) is 2.05. The SMILES string of the molecule is [2H]N[C@H](C=O)[C@@H](C)CC. The van der Waals surface area contributed by atoms with Crippen LogP contribution in [0.5, 0.6) is 0 Å². The van der Waals surface area contributed by atoms with E-state index in [4.69, 9.17) is 1.41 Å². The molecule has 48 valence electrons. The van der Waals surface area contributed by atoms with Gasteiger partial charge in [0.25, 0.3) is 0 Å². The van der Waals surface area contributed by atoms with Crippen LogP contribution in [0.4, 0.5) is 0 Å². The number of rotatable bonds is 4. The first kappa shape index (κ1) is 5.76. The molecule has 0 aromatic carbocycles. The van der Waals surface area contributed by atoms with Gasteiger partial charge in [0.1, 0.15) is 7.70 Å². The first-order valence-electron chi connectivity index (χ1n) is 3.38. The lowest BCUT2D eigenvalue weighted by molar-refractivity contribution is -0.109. The monoisotopic (exact) mass is 116 g/mol. The van der Waals surface area contributed by atoms with E-state index in [1.165, 1.54) is 0 Å². The van der Waals surface area contributed by atoms with Crippen molar-refractivity contribution in [1.82, 2.24) is 0 Å². The maximum absolute atomic E-state index is 10.2. The fourth-order valence-electron chi connectivity index (χ4n) is 0.388. The van der Waals surface area contributed by atoms with Crippen molar-refractivity contribution in [3.05, 3.63) is 0 Å². The average Bonchev–Trinajstić information content (AvgIpc) is 1.90. The molecule has 0 amide bonds. The summed E-state index contributed by atoms with van der Waals surface area (Å²) < 4.78 is 6.71. The predicted octanol–water partition coefficient (Wildman–Crippen LogP) is 0.559. The van der Waals surface area contributed by atoms with Crippen LogP contribution in [0.1, 0.15) is 20.3 Å². The van der Waals surface area contributed by atoms with Crippen LogP contribution < -0.4 is 5.73 Å². The summed E-state index contributed by atoms with van der Waals surface area (Å²) in [6.07, 6.45) is 1.70. The van der Waals surface area contributed by atoms with E-state index in [0.29, 0.717) is 0 Å². The Bertz CT molecular complexity index is 87.1. The summed E-state index contributed by atoms with van der Waals surface area (Å²) in [5.74, 6) is 0.264. The minimum atomic E-state index is -0.296. The van der Waals surface area contributed by atoms with Crippen molar-refractivity contribution in [2.75, 3.05) is 0 Å². The normalized spacial score (nSPS) is 19.0. The molecule has 2 N–H and O–H groups in total. The quantitative estimate of drug-likeness (QED) is 0.545. The van der Waals surface area contributed by atoms with E-state index in [2.05, 4.69) is 5.73 Å². The molecule has 0 aliphatic carbocycles. The minimum absolute atomic E-state index is 0.264. The van der Waals surface area contributed by atoms with Gasteiger partial charge in [0.15, 0.2) is 0 Å². The zero-order chi connectivity index (χ0) is 7.28. The molecule has 2 heteroatoms. The van der Waals surface area contributed by atoms with Crippen LogP contribution in [0.25, 0.3) is 0 Å². The molecule has 0 saturated heterocycles. The number of nitrogens with two attached hydrogens (primary N) is 1. The van der Waals surface area contributed by atoms with Crippen molar-refractivity contribution in [1.29, 1.82) is 0 Å². The highest BCUT2D eigenvalue weighted by Crippen LogP contribution is 2.01. The third kappa shape index (κ3) is 2.07. The smallest absolute Gasteiger partial charge is 0.136 e. The number of hydrogen-bond donors (Lipinski definition) is 1. The molecule has 0 aromatic rings. The molecule has 2 atom stereocenters. The molecular formula is C6H13NO. The Balaban J connectivity index is 3.63. The third-order valence-electron chi connectivity index (χ3n) is 1.40. The number of aldehydes is 1. The molecule has 0 saturated carbocycles. The summed E-state index contributed by atoms with van der Waals surface area (Å²) in [7, 11) is 0. The molecule has 0 unspecified atom stereocenters. The highest BCUT2D eigenvalue weighted by molar-refractivity contribution is 5.57. The molecule has 0 spiro atoms. The Morgan fingerprint density at radius 2 is 2.62 bits per heavy atom. The standard InChI is InChI=1S/C6H13NO/c1-3-5(2)6(7)4-8/h4-6H,3,7H2,1-2H3/t5-,6+/m0/s1/i/hD. The van der Waals surface area contributed by atoms with Gasteiger partial charge in [-0.1, -0.05) is 20.3 Å². The maximum atomic E-state index is 10.2. The molecule has 8 heavy (non-hydrogen) atoms. The van der Waals surface area contributed by atoms with Gasteiger partial charge >= 0.3 is 0 Å². The fourth-order valence-corrected chi connectivity index (χ4v) is 0.388. The molecule has 0 aromatic heterocycles. The molecular weight excluding hydrogens is 102 g/mol. The second-order valence-corrected chi connectivity index (χ2v) is 2.05. The van der Waals surface area contributed by atoms with Crippen molar-refractivity contribution >= 4 is 6.29 Å². The van der Waals surface area contributed by atoms with Gasteiger partial charge in [0.05, 0.1) is 6.04 Å². The van der Waals surface area contributed by atoms with Gasteiger partial charge in [0, 0.05) is 0 Å². The van der Waals surface area contributed by atoms with Crippen LogP contribution in [0.15, 0.2) is 0 Å². The molecule has 0 aliphatic rings. The summed E-state index contributed by atoms with van der Waals surface area (Å²) in [5, 5.41) is 0. The zero-order valence-electron chi connectivity index (χ0n) is 6.35. The van der Waals surface area contributed by atoms with E-state index in [0.717, 1.165) is 12.7 Å². The highest BCUT2D eigenvalue weighted by Gasteiger charge is 2.07. The van der Waals surface area contributed by atoms with Gasteiger partial charge in [-0.15, -0.1) is 0 Å². The summed E-state index contributed by atoms with van der Waals surface area (Å²) >= 11 is 0. The van der Waals surface area contributed by atoms with Crippen LogP contribution in [0, 0.1) is 5.92 Å². The fraction of sp³-hybridized carbons (Fsp3) is 0.833. The lowest BCUT2D eigenvalue weighted by Crippen LogP contribution is -2.28. The number of carbonyl (C=O) groups excluding carboxylic acids is 1. The van der Waals surface area contributed by atoms with E-state index < -0.39 is 0 Å². The number of hydrogen-bond acceptors (Lipinski definition) is 2. The molecule has 0 bridgehead atoms. The Morgan fingerprint density at radius 3 is 2.75 bits per heavy atom. The molecule has 2 nitrogen and oxygen atoms in total. The molecule has 0 radical (unpaired) electrons. The zero-order valence-corrected chi connectivity index (χ0v) is 5.35. The molecule has 0 rings (SSSR count). The molecule has 0 heterocycles. The molecule has 0 aliphatic heterocycles. The minimum Gasteiger partial charge on any atom is -0.322 e. The van der Waals surface area contributed by atoms with E-state index in [-0.39, 0.29) is 12.0 Å². The summed E-state index contributed by atoms with van der Waals surface area (Å²) in [4.78, 5) is 10.2. The first-order valence-corrected chi connectivity index (χ1v) is 2.88. The van der Waals surface area contributed by atoms with Crippen LogP contribution in [-0.2, 0) is 4.79 Å². The second kappa shape index (κ2) is 3.61.